The average Bonchev–Trinajstić information content (AvgIpc) is 2.74. The zero-order chi connectivity index (χ0) is 12.7. The SMILES string of the molecule is Cc1ncc(-c2ccc3c(cnn3C)c2)cc1F. The molecule has 0 amide bonds. The van der Waals surface area contributed by atoms with E-state index in [9.17, 15) is 4.39 Å². The summed E-state index contributed by atoms with van der Waals surface area (Å²) in [6.07, 6.45) is 3.49. The maximum atomic E-state index is 13.5. The number of fused-ring (bicyclic) bond motifs is 1. The Hall–Kier alpha value is -2.23. The molecule has 0 aliphatic carbocycles. The van der Waals surface area contributed by atoms with Crippen LogP contribution < -0.4 is 0 Å². The van der Waals surface area contributed by atoms with Gasteiger partial charge in [-0.05, 0) is 30.7 Å². The number of aryl methyl sites for hydroxylation is 2. The number of nitrogens with zero attached hydrogens (tertiary/aromatic N) is 3. The fourth-order valence-electron chi connectivity index (χ4n) is 2.01. The first-order chi connectivity index (χ1) is 8.65. The van der Waals surface area contributed by atoms with Crippen LogP contribution in [0.4, 0.5) is 4.39 Å². The van der Waals surface area contributed by atoms with Gasteiger partial charge in [0.1, 0.15) is 5.82 Å². The molecule has 3 rings (SSSR count). The van der Waals surface area contributed by atoms with Crippen molar-refractivity contribution in [3.63, 3.8) is 0 Å². The van der Waals surface area contributed by atoms with Crippen molar-refractivity contribution in [1.82, 2.24) is 14.8 Å². The predicted octanol–water partition coefficient (Wildman–Crippen LogP) is 3.08. The molecule has 0 unspecified atom stereocenters. The third kappa shape index (κ3) is 1.66. The molecule has 0 spiro atoms. The first kappa shape index (κ1) is 10.9. The molecule has 0 N–H and O–H groups in total. The molecule has 2 heterocycles. The van der Waals surface area contributed by atoms with Crippen molar-refractivity contribution in [3.05, 3.63) is 48.2 Å². The minimum atomic E-state index is -0.279. The quantitative estimate of drug-likeness (QED) is 0.655. The zero-order valence-electron chi connectivity index (χ0n) is 10.2. The highest BCUT2D eigenvalue weighted by atomic mass is 19.1. The Morgan fingerprint density at radius 1 is 1.11 bits per heavy atom. The summed E-state index contributed by atoms with van der Waals surface area (Å²) in [4.78, 5) is 4.04. The van der Waals surface area contributed by atoms with E-state index in [-0.39, 0.29) is 5.82 Å². The molecule has 18 heavy (non-hydrogen) atoms. The molecule has 0 radical (unpaired) electrons. The third-order valence-electron chi connectivity index (χ3n) is 3.10. The average molecular weight is 241 g/mol. The Balaban J connectivity index is 2.16. The molecule has 0 saturated heterocycles. The number of pyridine rings is 1. The van der Waals surface area contributed by atoms with E-state index in [1.54, 1.807) is 19.3 Å². The van der Waals surface area contributed by atoms with E-state index < -0.39 is 0 Å². The highest BCUT2D eigenvalue weighted by Gasteiger charge is 2.05. The second-order valence-electron chi connectivity index (χ2n) is 4.33. The molecule has 2 aromatic heterocycles. The molecule has 0 fully saturated rings. The van der Waals surface area contributed by atoms with Gasteiger partial charge in [0.15, 0.2) is 0 Å². The maximum Gasteiger partial charge on any atom is 0.145 e. The fraction of sp³-hybridized carbons (Fsp3) is 0.143. The van der Waals surface area contributed by atoms with Gasteiger partial charge in [0.05, 0.1) is 17.4 Å². The third-order valence-corrected chi connectivity index (χ3v) is 3.10. The number of benzene rings is 1. The van der Waals surface area contributed by atoms with Gasteiger partial charge in [-0.1, -0.05) is 6.07 Å². The van der Waals surface area contributed by atoms with Crippen LogP contribution in [-0.4, -0.2) is 14.8 Å². The summed E-state index contributed by atoms with van der Waals surface area (Å²) in [5.74, 6) is -0.279. The van der Waals surface area contributed by atoms with Crippen LogP contribution in [0.3, 0.4) is 0 Å². The lowest BCUT2D eigenvalue weighted by molar-refractivity contribution is 0.610. The summed E-state index contributed by atoms with van der Waals surface area (Å²) in [6, 6.07) is 7.44. The molecule has 90 valence electrons. The van der Waals surface area contributed by atoms with Crippen LogP contribution in [0.5, 0.6) is 0 Å². The number of hydrogen-bond donors (Lipinski definition) is 0. The number of aromatic nitrogens is 3. The van der Waals surface area contributed by atoms with Crippen LogP contribution in [0, 0.1) is 12.7 Å². The lowest BCUT2D eigenvalue weighted by Gasteiger charge is -2.03. The number of hydrogen-bond acceptors (Lipinski definition) is 2. The van der Waals surface area contributed by atoms with Crippen LogP contribution in [0.15, 0.2) is 36.7 Å². The molecular weight excluding hydrogens is 229 g/mol. The topological polar surface area (TPSA) is 30.7 Å². The highest BCUT2D eigenvalue weighted by Crippen LogP contribution is 2.24. The van der Waals surface area contributed by atoms with E-state index in [2.05, 4.69) is 10.1 Å². The minimum absolute atomic E-state index is 0.279. The van der Waals surface area contributed by atoms with E-state index >= 15 is 0 Å². The molecule has 3 nitrogen and oxygen atoms in total. The van der Waals surface area contributed by atoms with Crippen LogP contribution >= 0.6 is 0 Å². The van der Waals surface area contributed by atoms with Gasteiger partial charge in [-0.15, -0.1) is 0 Å². The first-order valence-electron chi connectivity index (χ1n) is 5.69. The van der Waals surface area contributed by atoms with Crippen molar-refractivity contribution in [3.8, 4) is 11.1 Å². The van der Waals surface area contributed by atoms with E-state index in [1.165, 1.54) is 6.07 Å². The Morgan fingerprint density at radius 3 is 2.72 bits per heavy atom. The van der Waals surface area contributed by atoms with Crippen molar-refractivity contribution in [2.75, 3.05) is 0 Å². The maximum absolute atomic E-state index is 13.5. The van der Waals surface area contributed by atoms with Crippen LogP contribution in [-0.2, 0) is 7.05 Å². The second kappa shape index (κ2) is 3.91. The Labute approximate surface area is 104 Å². The van der Waals surface area contributed by atoms with E-state index in [0.717, 1.165) is 22.0 Å². The molecule has 0 aliphatic heterocycles. The molecule has 3 aromatic rings. The van der Waals surface area contributed by atoms with Crippen LogP contribution in [0.2, 0.25) is 0 Å². The van der Waals surface area contributed by atoms with Gasteiger partial charge in [0.2, 0.25) is 0 Å². The lowest BCUT2D eigenvalue weighted by atomic mass is 10.1. The van der Waals surface area contributed by atoms with E-state index in [1.807, 2.05) is 29.9 Å². The van der Waals surface area contributed by atoms with Gasteiger partial charge in [0, 0.05) is 24.2 Å². The van der Waals surface area contributed by atoms with Crippen molar-refractivity contribution in [2.24, 2.45) is 7.05 Å². The minimum Gasteiger partial charge on any atom is -0.268 e. The first-order valence-corrected chi connectivity index (χ1v) is 5.69. The Kier molecular flexibility index (Phi) is 2.37. The molecule has 4 heteroatoms. The summed E-state index contributed by atoms with van der Waals surface area (Å²) in [6.45, 7) is 1.66. The summed E-state index contributed by atoms with van der Waals surface area (Å²) in [5, 5.41) is 5.23. The number of rotatable bonds is 1. The molecule has 0 aliphatic rings. The largest absolute Gasteiger partial charge is 0.268 e. The zero-order valence-corrected chi connectivity index (χ0v) is 10.2. The summed E-state index contributed by atoms with van der Waals surface area (Å²) in [7, 11) is 1.90. The second-order valence-corrected chi connectivity index (χ2v) is 4.33. The van der Waals surface area contributed by atoms with E-state index in [4.69, 9.17) is 0 Å². The molecular formula is C14H12FN3. The van der Waals surface area contributed by atoms with Crippen molar-refractivity contribution >= 4 is 10.9 Å². The van der Waals surface area contributed by atoms with Gasteiger partial charge in [-0.25, -0.2) is 4.39 Å². The molecule has 0 atom stereocenters. The molecule has 0 saturated carbocycles. The highest BCUT2D eigenvalue weighted by molar-refractivity contribution is 5.84. The van der Waals surface area contributed by atoms with Crippen LogP contribution in [0.25, 0.3) is 22.0 Å². The van der Waals surface area contributed by atoms with Gasteiger partial charge in [-0.2, -0.15) is 5.10 Å². The van der Waals surface area contributed by atoms with Gasteiger partial charge >= 0.3 is 0 Å². The lowest BCUT2D eigenvalue weighted by Crippen LogP contribution is -1.90. The van der Waals surface area contributed by atoms with Gasteiger partial charge < -0.3 is 0 Å². The normalized spacial score (nSPS) is 11.1. The molecule has 0 bridgehead atoms. The smallest absolute Gasteiger partial charge is 0.145 e. The van der Waals surface area contributed by atoms with Crippen LogP contribution in [0.1, 0.15) is 5.69 Å². The van der Waals surface area contributed by atoms with E-state index in [0.29, 0.717) is 5.69 Å². The van der Waals surface area contributed by atoms with Crippen molar-refractivity contribution in [1.29, 1.82) is 0 Å². The Morgan fingerprint density at radius 2 is 1.94 bits per heavy atom. The summed E-state index contributed by atoms with van der Waals surface area (Å²) in [5.41, 5.74) is 3.20. The predicted molar refractivity (Wildman–Crippen MR) is 68.6 cm³/mol. The monoisotopic (exact) mass is 241 g/mol. The Bertz CT molecular complexity index is 731. The standard InChI is InChI=1S/C14H12FN3/c1-9-13(15)6-11(7-16-9)10-3-4-14-12(5-10)8-17-18(14)2/h3-8H,1-2H3. The van der Waals surface area contributed by atoms with Crippen molar-refractivity contribution in [2.45, 2.75) is 6.92 Å². The number of halogens is 1. The van der Waals surface area contributed by atoms with Crippen molar-refractivity contribution < 1.29 is 4.39 Å². The fourth-order valence-corrected chi connectivity index (χ4v) is 2.01. The molecule has 1 aromatic carbocycles. The van der Waals surface area contributed by atoms with Gasteiger partial charge in [-0.3, -0.25) is 9.67 Å². The summed E-state index contributed by atoms with van der Waals surface area (Å²) >= 11 is 0. The van der Waals surface area contributed by atoms with Gasteiger partial charge in [0.25, 0.3) is 0 Å². The summed E-state index contributed by atoms with van der Waals surface area (Å²) < 4.78 is 15.3.